The molecule has 1 unspecified atom stereocenters. The van der Waals surface area contributed by atoms with E-state index in [9.17, 15) is 9.00 Å². The van der Waals surface area contributed by atoms with Crippen molar-refractivity contribution in [3.8, 4) is 0 Å². The number of benzene rings is 1. The van der Waals surface area contributed by atoms with Crippen LogP contribution in [0.3, 0.4) is 0 Å². The SMILES string of the molecule is CCc1ccc2c(Cn3cnnc3S(C)=O)cc(=O)oc2c1. The number of aromatic nitrogens is 3. The third kappa shape index (κ3) is 2.71. The van der Waals surface area contributed by atoms with Gasteiger partial charge in [0.25, 0.3) is 0 Å². The molecule has 1 atom stereocenters. The Morgan fingerprint density at radius 1 is 1.32 bits per heavy atom. The molecular weight excluding hydrogens is 302 g/mol. The molecule has 2 heterocycles. The third-order valence-electron chi connectivity index (χ3n) is 3.48. The number of nitrogens with zero attached hydrogens (tertiary/aromatic N) is 3. The second kappa shape index (κ2) is 5.84. The molecule has 0 aliphatic carbocycles. The van der Waals surface area contributed by atoms with E-state index in [-0.39, 0.29) is 0 Å². The Bertz CT molecular complexity index is 914. The number of hydrogen-bond acceptors (Lipinski definition) is 5. The number of hydrogen-bond donors (Lipinski definition) is 0. The van der Waals surface area contributed by atoms with Gasteiger partial charge in [0.05, 0.1) is 17.3 Å². The van der Waals surface area contributed by atoms with Crippen LogP contribution in [0.15, 0.2) is 45.0 Å². The summed E-state index contributed by atoms with van der Waals surface area (Å²) >= 11 is 0. The minimum absolute atomic E-state index is 0.371. The summed E-state index contributed by atoms with van der Waals surface area (Å²) < 4.78 is 18.6. The number of rotatable bonds is 4. The van der Waals surface area contributed by atoms with Gasteiger partial charge in [-0.2, -0.15) is 0 Å². The van der Waals surface area contributed by atoms with Gasteiger partial charge < -0.3 is 8.98 Å². The van der Waals surface area contributed by atoms with Gasteiger partial charge >= 0.3 is 5.63 Å². The van der Waals surface area contributed by atoms with Gasteiger partial charge in [-0.15, -0.1) is 10.2 Å². The topological polar surface area (TPSA) is 78.0 Å². The molecular formula is C15H15N3O3S. The summed E-state index contributed by atoms with van der Waals surface area (Å²) in [5, 5.41) is 8.88. The lowest BCUT2D eigenvalue weighted by molar-refractivity contribution is 0.556. The monoisotopic (exact) mass is 317 g/mol. The fourth-order valence-electron chi connectivity index (χ4n) is 2.38. The van der Waals surface area contributed by atoms with Gasteiger partial charge in [0.1, 0.15) is 11.9 Å². The van der Waals surface area contributed by atoms with Crippen LogP contribution in [-0.4, -0.2) is 25.2 Å². The first-order valence-corrected chi connectivity index (χ1v) is 8.41. The largest absolute Gasteiger partial charge is 0.423 e. The predicted octanol–water partition coefficient (Wildman–Crippen LogP) is 1.73. The summed E-state index contributed by atoms with van der Waals surface area (Å²) in [6, 6.07) is 7.29. The molecule has 0 saturated carbocycles. The molecule has 1 aromatic carbocycles. The van der Waals surface area contributed by atoms with Crippen molar-refractivity contribution in [1.29, 1.82) is 0 Å². The van der Waals surface area contributed by atoms with Crippen molar-refractivity contribution in [3.63, 3.8) is 0 Å². The van der Waals surface area contributed by atoms with E-state index in [1.165, 1.54) is 12.4 Å². The quantitative estimate of drug-likeness (QED) is 0.685. The Hall–Kier alpha value is -2.28. The summed E-state index contributed by atoms with van der Waals surface area (Å²) in [5.41, 5.74) is 2.06. The summed E-state index contributed by atoms with van der Waals surface area (Å²) in [6.45, 7) is 2.42. The Balaban J connectivity index is 2.12. The second-order valence-corrected chi connectivity index (χ2v) is 6.24. The van der Waals surface area contributed by atoms with E-state index in [0.717, 1.165) is 22.9 Å². The maximum Gasteiger partial charge on any atom is 0.336 e. The molecule has 0 N–H and O–H groups in total. The lowest BCUT2D eigenvalue weighted by atomic mass is 10.1. The summed E-state index contributed by atoms with van der Waals surface area (Å²) in [5.74, 6) is 0. The first-order valence-electron chi connectivity index (χ1n) is 6.85. The molecule has 0 fully saturated rings. The Labute approximate surface area is 129 Å². The molecule has 0 radical (unpaired) electrons. The summed E-state index contributed by atoms with van der Waals surface area (Å²) in [7, 11) is -1.24. The minimum atomic E-state index is -1.24. The van der Waals surface area contributed by atoms with Gasteiger partial charge in [-0.05, 0) is 23.6 Å². The highest BCUT2D eigenvalue weighted by Crippen LogP contribution is 2.20. The van der Waals surface area contributed by atoms with Crippen molar-refractivity contribution in [1.82, 2.24) is 14.8 Å². The van der Waals surface area contributed by atoms with E-state index in [2.05, 4.69) is 10.2 Å². The molecule has 0 aliphatic rings. The molecule has 3 rings (SSSR count). The number of fused-ring (bicyclic) bond motifs is 1. The fourth-order valence-corrected chi connectivity index (χ4v) is 2.99. The van der Waals surface area contributed by atoms with Crippen molar-refractivity contribution in [3.05, 3.63) is 52.1 Å². The van der Waals surface area contributed by atoms with Crippen molar-refractivity contribution in [2.45, 2.75) is 25.0 Å². The molecule has 0 spiro atoms. The predicted molar refractivity (Wildman–Crippen MR) is 83.3 cm³/mol. The van der Waals surface area contributed by atoms with Gasteiger partial charge in [0.15, 0.2) is 0 Å². The molecule has 22 heavy (non-hydrogen) atoms. The molecule has 2 aromatic heterocycles. The number of aryl methyl sites for hydroxylation is 1. The van der Waals surface area contributed by atoms with Gasteiger partial charge in [-0.25, -0.2) is 4.79 Å². The Morgan fingerprint density at radius 2 is 2.14 bits per heavy atom. The van der Waals surface area contributed by atoms with Crippen LogP contribution in [0.4, 0.5) is 0 Å². The maximum atomic E-state index is 11.8. The molecule has 0 amide bonds. The Morgan fingerprint density at radius 3 is 2.86 bits per heavy atom. The van der Waals surface area contributed by atoms with Crippen LogP contribution in [0.2, 0.25) is 0 Å². The highest BCUT2D eigenvalue weighted by molar-refractivity contribution is 7.84. The second-order valence-electron chi connectivity index (χ2n) is 4.97. The smallest absolute Gasteiger partial charge is 0.336 e. The average molecular weight is 317 g/mol. The normalized spacial score (nSPS) is 12.6. The van der Waals surface area contributed by atoms with Crippen LogP contribution in [0.1, 0.15) is 18.1 Å². The van der Waals surface area contributed by atoms with Gasteiger partial charge in [0.2, 0.25) is 5.16 Å². The van der Waals surface area contributed by atoms with Crippen LogP contribution in [0.5, 0.6) is 0 Å². The van der Waals surface area contributed by atoms with E-state index in [1.54, 1.807) is 10.8 Å². The van der Waals surface area contributed by atoms with Crippen molar-refractivity contribution < 1.29 is 8.63 Å². The van der Waals surface area contributed by atoms with Gasteiger partial charge in [-0.1, -0.05) is 19.1 Å². The third-order valence-corrected chi connectivity index (χ3v) is 4.31. The van der Waals surface area contributed by atoms with Crippen LogP contribution in [0.25, 0.3) is 11.0 Å². The molecule has 7 heteroatoms. The van der Waals surface area contributed by atoms with E-state index >= 15 is 0 Å². The zero-order chi connectivity index (χ0) is 15.7. The van der Waals surface area contributed by atoms with E-state index in [1.807, 2.05) is 25.1 Å². The first-order chi connectivity index (χ1) is 10.6. The standard InChI is InChI=1S/C15H15N3O3S/c1-3-10-4-5-12-11(7-14(19)21-13(12)6-10)8-18-9-16-17-15(18)22(2)20/h4-7,9H,3,8H2,1-2H3. The summed E-state index contributed by atoms with van der Waals surface area (Å²) in [6.07, 6.45) is 3.93. The van der Waals surface area contributed by atoms with Crippen LogP contribution in [-0.2, 0) is 23.8 Å². The first kappa shape index (κ1) is 14.6. The van der Waals surface area contributed by atoms with E-state index in [4.69, 9.17) is 4.42 Å². The fraction of sp³-hybridized carbons (Fsp3) is 0.267. The molecule has 6 nitrogen and oxygen atoms in total. The molecule has 0 aliphatic heterocycles. The molecule has 0 bridgehead atoms. The minimum Gasteiger partial charge on any atom is -0.423 e. The summed E-state index contributed by atoms with van der Waals surface area (Å²) in [4.78, 5) is 11.8. The highest BCUT2D eigenvalue weighted by Gasteiger charge is 2.12. The molecule has 0 saturated heterocycles. The highest BCUT2D eigenvalue weighted by atomic mass is 32.2. The Kier molecular flexibility index (Phi) is 3.89. The van der Waals surface area contributed by atoms with E-state index < -0.39 is 16.4 Å². The molecule has 3 aromatic rings. The van der Waals surface area contributed by atoms with Crippen molar-refractivity contribution >= 4 is 21.8 Å². The molecule has 114 valence electrons. The average Bonchev–Trinajstić information content (AvgIpc) is 2.94. The van der Waals surface area contributed by atoms with Gasteiger partial charge in [-0.3, -0.25) is 4.21 Å². The lowest BCUT2D eigenvalue weighted by Crippen LogP contribution is -2.08. The van der Waals surface area contributed by atoms with E-state index in [0.29, 0.717) is 17.3 Å². The van der Waals surface area contributed by atoms with Gasteiger partial charge in [0, 0.05) is 17.7 Å². The zero-order valence-corrected chi connectivity index (χ0v) is 13.1. The van der Waals surface area contributed by atoms with Crippen LogP contribution in [0, 0.1) is 0 Å². The lowest BCUT2D eigenvalue weighted by Gasteiger charge is -2.08. The van der Waals surface area contributed by atoms with Crippen LogP contribution < -0.4 is 5.63 Å². The van der Waals surface area contributed by atoms with Crippen molar-refractivity contribution in [2.75, 3.05) is 6.26 Å². The van der Waals surface area contributed by atoms with Crippen molar-refractivity contribution in [2.24, 2.45) is 0 Å². The maximum absolute atomic E-state index is 11.8. The zero-order valence-electron chi connectivity index (χ0n) is 12.3. The van der Waals surface area contributed by atoms with Crippen LogP contribution >= 0.6 is 0 Å².